The van der Waals surface area contributed by atoms with Crippen molar-refractivity contribution in [3.63, 3.8) is 0 Å². The van der Waals surface area contributed by atoms with Crippen molar-refractivity contribution in [1.29, 1.82) is 0 Å². The van der Waals surface area contributed by atoms with Crippen molar-refractivity contribution in [2.45, 2.75) is 6.54 Å². The van der Waals surface area contributed by atoms with Crippen LogP contribution in [0.3, 0.4) is 0 Å². The summed E-state index contributed by atoms with van der Waals surface area (Å²) in [6.07, 6.45) is 0. The third-order valence-corrected chi connectivity index (χ3v) is 6.13. The summed E-state index contributed by atoms with van der Waals surface area (Å²) < 4.78 is 0. The molecule has 3 aromatic heterocycles. The summed E-state index contributed by atoms with van der Waals surface area (Å²) in [6.45, 7) is 0.338. The molecule has 0 aliphatic heterocycles. The minimum Gasteiger partial charge on any atom is -0.347 e. The van der Waals surface area contributed by atoms with Crippen molar-refractivity contribution >= 4 is 62.1 Å². The molecule has 1 aromatic carbocycles. The first kappa shape index (κ1) is 17.7. The van der Waals surface area contributed by atoms with Gasteiger partial charge in [-0.3, -0.25) is 14.7 Å². The van der Waals surface area contributed by atoms with Crippen molar-refractivity contribution in [3.05, 3.63) is 68.2 Å². The Morgan fingerprint density at radius 2 is 1.96 bits per heavy atom. The first-order valence-electron chi connectivity index (χ1n) is 7.96. The Hall–Kier alpha value is -2.68. The standard InChI is InChI=1S/C18H13ClN4O2S2/c19-12-5-2-1-4-10(12)9-20-16(24)14-8-11-15(22-23-18(11)27-14)21-17(25)13-6-3-7-26-13/h1-8H,9H2,(H,20,24)(H2,21,22,23,25). The zero-order chi connectivity index (χ0) is 18.8. The summed E-state index contributed by atoms with van der Waals surface area (Å²) in [5.74, 6) is -0.0285. The molecule has 0 fully saturated rings. The van der Waals surface area contributed by atoms with Gasteiger partial charge in [0.2, 0.25) is 0 Å². The number of amides is 2. The summed E-state index contributed by atoms with van der Waals surface area (Å²) in [6, 6.07) is 12.6. The van der Waals surface area contributed by atoms with Crippen molar-refractivity contribution in [2.24, 2.45) is 0 Å². The highest BCUT2D eigenvalue weighted by molar-refractivity contribution is 7.20. The molecule has 0 spiro atoms. The molecular formula is C18H13ClN4O2S2. The lowest BCUT2D eigenvalue weighted by Gasteiger charge is -2.05. The smallest absolute Gasteiger partial charge is 0.266 e. The molecule has 4 aromatic rings. The molecule has 3 N–H and O–H groups in total. The molecule has 2 amide bonds. The molecule has 0 saturated heterocycles. The maximum atomic E-state index is 12.5. The largest absolute Gasteiger partial charge is 0.347 e. The number of carbonyl (C=O) groups is 2. The molecule has 0 saturated carbocycles. The molecular weight excluding hydrogens is 404 g/mol. The number of benzene rings is 1. The molecule has 0 aliphatic rings. The molecule has 27 heavy (non-hydrogen) atoms. The number of carbonyl (C=O) groups excluding carboxylic acids is 2. The molecule has 136 valence electrons. The van der Waals surface area contributed by atoms with E-state index in [0.29, 0.717) is 32.5 Å². The molecule has 4 rings (SSSR count). The number of fused-ring (bicyclic) bond motifs is 1. The summed E-state index contributed by atoms with van der Waals surface area (Å²) in [5, 5.41) is 15.7. The number of thiophene rings is 2. The number of H-pyrrole nitrogens is 1. The predicted octanol–water partition coefficient (Wildman–Crippen LogP) is 4.52. The summed E-state index contributed by atoms with van der Waals surface area (Å²) in [7, 11) is 0. The number of nitrogens with one attached hydrogen (secondary N) is 3. The number of anilines is 1. The fraction of sp³-hybridized carbons (Fsp3) is 0.0556. The van der Waals surface area contributed by atoms with Gasteiger partial charge >= 0.3 is 0 Å². The monoisotopic (exact) mass is 416 g/mol. The Kier molecular flexibility index (Phi) is 4.93. The van der Waals surface area contributed by atoms with Crippen molar-refractivity contribution in [1.82, 2.24) is 15.5 Å². The lowest BCUT2D eigenvalue weighted by Crippen LogP contribution is -2.21. The lowest BCUT2D eigenvalue weighted by molar-refractivity contribution is 0.0954. The van der Waals surface area contributed by atoms with Crippen LogP contribution in [-0.2, 0) is 6.54 Å². The van der Waals surface area contributed by atoms with Gasteiger partial charge in [-0.1, -0.05) is 35.9 Å². The van der Waals surface area contributed by atoms with Crippen LogP contribution in [-0.4, -0.2) is 22.0 Å². The van der Waals surface area contributed by atoms with E-state index in [4.69, 9.17) is 11.6 Å². The van der Waals surface area contributed by atoms with Gasteiger partial charge in [0.25, 0.3) is 11.8 Å². The van der Waals surface area contributed by atoms with E-state index in [0.717, 1.165) is 10.4 Å². The van der Waals surface area contributed by atoms with Crippen LogP contribution in [0, 0.1) is 0 Å². The molecule has 9 heteroatoms. The third-order valence-electron chi connectivity index (χ3n) is 3.85. The lowest BCUT2D eigenvalue weighted by atomic mass is 10.2. The normalized spacial score (nSPS) is 10.9. The summed E-state index contributed by atoms with van der Waals surface area (Å²) in [5.41, 5.74) is 0.847. The van der Waals surface area contributed by atoms with Crippen LogP contribution in [0.1, 0.15) is 24.9 Å². The molecule has 0 unspecified atom stereocenters. The SMILES string of the molecule is O=C(Nc1n[nH]c2sc(C(=O)NCc3ccccc3Cl)cc12)c1cccs1. The molecule has 6 nitrogen and oxygen atoms in total. The summed E-state index contributed by atoms with van der Waals surface area (Å²) in [4.78, 5) is 26.5. The van der Waals surface area contributed by atoms with E-state index in [1.807, 2.05) is 29.6 Å². The number of nitrogens with zero attached hydrogens (tertiary/aromatic N) is 1. The van der Waals surface area contributed by atoms with Gasteiger partial charge in [-0.2, -0.15) is 5.10 Å². The van der Waals surface area contributed by atoms with Crippen LogP contribution in [0.4, 0.5) is 5.82 Å². The fourth-order valence-corrected chi connectivity index (χ4v) is 4.25. The average Bonchev–Trinajstić information content (AvgIpc) is 3.39. The Labute approximate surface area is 167 Å². The first-order valence-corrected chi connectivity index (χ1v) is 10.0. The number of halogens is 1. The zero-order valence-corrected chi connectivity index (χ0v) is 16.2. The first-order chi connectivity index (χ1) is 13.1. The van der Waals surface area contributed by atoms with Crippen molar-refractivity contribution in [3.8, 4) is 0 Å². The molecule has 3 heterocycles. The molecule has 0 radical (unpaired) electrons. The minimum absolute atomic E-state index is 0.208. The predicted molar refractivity (Wildman–Crippen MR) is 109 cm³/mol. The van der Waals surface area contributed by atoms with Gasteiger partial charge in [0.1, 0.15) is 4.83 Å². The van der Waals surface area contributed by atoms with Gasteiger partial charge in [-0.25, -0.2) is 0 Å². The Morgan fingerprint density at radius 3 is 2.74 bits per heavy atom. The highest BCUT2D eigenvalue weighted by Gasteiger charge is 2.17. The average molecular weight is 417 g/mol. The number of rotatable bonds is 5. The summed E-state index contributed by atoms with van der Waals surface area (Å²) >= 11 is 8.74. The maximum absolute atomic E-state index is 12.5. The fourth-order valence-electron chi connectivity index (χ4n) is 2.51. The van der Waals surface area contributed by atoms with Crippen molar-refractivity contribution in [2.75, 3.05) is 5.32 Å². The van der Waals surface area contributed by atoms with Gasteiger partial charge in [0.05, 0.1) is 15.1 Å². The van der Waals surface area contributed by atoms with E-state index < -0.39 is 0 Å². The topological polar surface area (TPSA) is 86.9 Å². The van der Waals surface area contributed by atoms with Gasteiger partial charge in [-0.15, -0.1) is 22.7 Å². The number of aromatic nitrogens is 2. The number of hydrogen-bond donors (Lipinski definition) is 3. The zero-order valence-electron chi connectivity index (χ0n) is 13.8. The van der Waals surface area contributed by atoms with Crippen LogP contribution in [0.15, 0.2) is 47.8 Å². The second-order valence-corrected chi connectivity index (χ2v) is 8.04. The number of hydrogen-bond acceptors (Lipinski definition) is 5. The highest BCUT2D eigenvalue weighted by atomic mass is 35.5. The van der Waals surface area contributed by atoms with Crippen molar-refractivity contribution < 1.29 is 9.59 Å². The van der Waals surface area contributed by atoms with E-state index in [1.165, 1.54) is 22.7 Å². The second-order valence-electron chi connectivity index (χ2n) is 5.63. The van der Waals surface area contributed by atoms with Crippen LogP contribution in [0.5, 0.6) is 0 Å². The van der Waals surface area contributed by atoms with Crippen LogP contribution >= 0.6 is 34.3 Å². The Morgan fingerprint density at radius 1 is 1.11 bits per heavy atom. The Balaban J connectivity index is 1.48. The molecule has 0 aliphatic carbocycles. The van der Waals surface area contributed by atoms with Gasteiger partial charge < -0.3 is 10.6 Å². The van der Waals surface area contributed by atoms with Gasteiger partial charge in [-0.05, 0) is 29.1 Å². The van der Waals surface area contributed by atoms with Crippen LogP contribution in [0.25, 0.3) is 10.2 Å². The molecule has 0 atom stereocenters. The quantitative estimate of drug-likeness (QED) is 0.447. The van der Waals surface area contributed by atoms with E-state index in [9.17, 15) is 9.59 Å². The van der Waals surface area contributed by atoms with Gasteiger partial charge in [0, 0.05) is 11.6 Å². The highest BCUT2D eigenvalue weighted by Crippen LogP contribution is 2.29. The maximum Gasteiger partial charge on any atom is 0.266 e. The van der Waals surface area contributed by atoms with E-state index >= 15 is 0 Å². The van der Waals surface area contributed by atoms with E-state index in [-0.39, 0.29) is 11.8 Å². The van der Waals surface area contributed by atoms with Crippen LogP contribution in [0.2, 0.25) is 5.02 Å². The number of aromatic amines is 1. The minimum atomic E-state index is -0.227. The molecule has 0 bridgehead atoms. The second kappa shape index (κ2) is 7.51. The van der Waals surface area contributed by atoms with Gasteiger partial charge in [0.15, 0.2) is 5.82 Å². The van der Waals surface area contributed by atoms with Crippen LogP contribution < -0.4 is 10.6 Å². The van der Waals surface area contributed by atoms with E-state index in [2.05, 4.69) is 20.8 Å². The Bertz CT molecular complexity index is 1120. The third kappa shape index (κ3) is 3.73. The van der Waals surface area contributed by atoms with E-state index in [1.54, 1.807) is 18.2 Å².